The molecule has 5 nitrogen and oxygen atoms in total. The van der Waals surface area contributed by atoms with Gasteiger partial charge in [-0.05, 0) is 70.7 Å². The third kappa shape index (κ3) is 4.47. The lowest BCUT2D eigenvalue weighted by Crippen LogP contribution is -2.45. The van der Waals surface area contributed by atoms with Crippen molar-refractivity contribution in [3.05, 3.63) is 29.3 Å². The van der Waals surface area contributed by atoms with E-state index in [1.807, 2.05) is 52.8 Å². The molecule has 0 radical (unpaired) electrons. The molecule has 1 aliphatic rings. The monoisotopic (exact) mass is 318 g/mol. The van der Waals surface area contributed by atoms with E-state index in [9.17, 15) is 9.59 Å². The third-order valence-electron chi connectivity index (χ3n) is 3.96. The van der Waals surface area contributed by atoms with Crippen LogP contribution in [0.4, 0.5) is 10.5 Å². The molecule has 1 aromatic carbocycles. The summed E-state index contributed by atoms with van der Waals surface area (Å²) in [6.07, 6.45) is 1.05. The van der Waals surface area contributed by atoms with Gasteiger partial charge in [-0.3, -0.25) is 9.69 Å². The second-order valence-electron chi connectivity index (χ2n) is 7.12. The summed E-state index contributed by atoms with van der Waals surface area (Å²) >= 11 is 0. The van der Waals surface area contributed by atoms with Crippen LogP contribution in [0.1, 0.15) is 44.7 Å². The van der Waals surface area contributed by atoms with Crippen LogP contribution in [0.2, 0.25) is 0 Å². The van der Waals surface area contributed by atoms with Crippen molar-refractivity contribution in [2.75, 3.05) is 11.9 Å². The summed E-state index contributed by atoms with van der Waals surface area (Å²) in [5.41, 5.74) is 2.50. The van der Waals surface area contributed by atoms with Gasteiger partial charge in [-0.25, -0.2) is 4.79 Å². The van der Waals surface area contributed by atoms with Crippen LogP contribution in [0.5, 0.6) is 0 Å². The van der Waals surface area contributed by atoms with Crippen LogP contribution >= 0.6 is 0 Å². The van der Waals surface area contributed by atoms with Crippen LogP contribution < -0.4 is 5.32 Å². The van der Waals surface area contributed by atoms with Gasteiger partial charge in [0.15, 0.2) is 0 Å². The van der Waals surface area contributed by atoms with Crippen molar-refractivity contribution in [2.45, 2.75) is 59.1 Å². The minimum Gasteiger partial charge on any atom is -0.444 e. The van der Waals surface area contributed by atoms with Crippen molar-refractivity contribution in [3.8, 4) is 0 Å². The van der Waals surface area contributed by atoms with Crippen molar-refractivity contribution in [2.24, 2.45) is 0 Å². The second kappa shape index (κ2) is 6.60. The van der Waals surface area contributed by atoms with Crippen LogP contribution in [0.25, 0.3) is 0 Å². The molecule has 23 heavy (non-hydrogen) atoms. The normalized spacial score (nSPS) is 18.0. The van der Waals surface area contributed by atoms with E-state index in [1.54, 1.807) is 0 Å². The molecule has 126 valence electrons. The zero-order valence-electron chi connectivity index (χ0n) is 14.6. The Morgan fingerprint density at radius 1 is 1.22 bits per heavy atom. The van der Waals surface area contributed by atoms with E-state index in [-0.39, 0.29) is 5.91 Å². The molecule has 1 saturated heterocycles. The minimum absolute atomic E-state index is 0.156. The molecule has 0 spiro atoms. The summed E-state index contributed by atoms with van der Waals surface area (Å²) in [5.74, 6) is -0.156. The molecule has 1 heterocycles. The maximum Gasteiger partial charge on any atom is 0.410 e. The predicted molar refractivity (Wildman–Crippen MR) is 90.5 cm³/mol. The van der Waals surface area contributed by atoms with E-state index < -0.39 is 17.7 Å². The standard InChI is InChI=1S/C18H26N2O3/c1-12-8-9-14(11-13(12)2)19-16(21)15-7-6-10-20(15)17(22)23-18(3,4)5/h8-9,11,15H,6-7,10H2,1-5H3,(H,19,21)/t15-/m0/s1. The Balaban J connectivity index is 2.05. The first-order chi connectivity index (χ1) is 10.7. The number of aryl methyl sites for hydroxylation is 2. The number of hydrogen-bond acceptors (Lipinski definition) is 3. The molecule has 1 fully saturated rings. The van der Waals surface area contributed by atoms with Gasteiger partial charge >= 0.3 is 6.09 Å². The number of anilines is 1. The lowest BCUT2D eigenvalue weighted by molar-refractivity contribution is -0.120. The van der Waals surface area contributed by atoms with Crippen LogP contribution in [0.3, 0.4) is 0 Å². The highest BCUT2D eigenvalue weighted by molar-refractivity contribution is 5.97. The summed E-state index contributed by atoms with van der Waals surface area (Å²) in [6, 6.07) is 5.34. The highest BCUT2D eigenvalue weighted by Crippen LogP contribution is 2.23. The van der Waals surface area contributed by atoms with Gasteiger partial charge in [0.1, 0.15) is 11.6 Å². The van der Waals surface area contributed by atoms with Gasteiger partial charge < -0.3 is 10.1 Å². The molecule has 0 aliphatic carbocycles. The Kier molecular flexibility index (Phi) is 4.97. The molecule has 1 aliphatic heterocycles. The Bertz CT molecular complexity index is 605. The quantitative estimate of drug-likeness (QED) is 0.905. The summed E-state index contributed by atoms with van der Waals surface area (Å²) in [4.78, 5) is 26.3. The number of rotatable bonds is 2. The van der Waals surface area contributed by atoms with Gasteiger partial charge in [0.2, 0.25) is 5.91 Å². The van der Waals surface area contributed by atoms with Crippen molar-refractivity contribution >= 4 is 17.7 Å². The summed E-state index contributed by atoms with van der Waals surface area (Å²) in [5, 5.41) is 2.91. The van der Waals surface area contributed by atoms with Crippen LogP contribution in [0.15, 0.2) is 18.2 Å². The van der Waals surface area contributed by atoms with E-state index in [1.165, 1.54) is 10.5 Å². The lowest BCUT2D eigenvalue weighted by atomic mass is 10.1. The molecule has 0 aromatic heterocycles. The molecule has 1 atom stereocenters. The Labute approximate surface area is 138 Å². The van der Waals surface area contributed by atoms with Crippen LogP contribution in [-0.4, -0.2) is 35.1 Å². The van der Waals surface area contributed by atoms with Gasteiger partial charge in [-0.1, -0.05) is 6.07 Å². The number of nitrogens with zero attached hydrogens (tertiary/aromatic N) is 1. The number of benzene rings is 1. The fourth-order valence-electron chi connectivity index (χ4n) is 2.62. The Morgan fingerprint density at radius 2 is 1.91 bits per heavy atom. The van der Waals surface area contributed by atoms with Crippen molar-refractivity contribution in [1.29, 1.82) is 0 Å². The first-order valence-corrected chi connectivity index (χ1v) is 8.05. The van der Waals surface area contributed by atoms with Gasteiger partial charge in [-0.2, -0.15) is 0 Å². The number of carbonyl (C=O) groups excluding carboxylic acids is 2. The topological polar surface area (TPSA) is 58.6 Å². The van der Waals surface area contributed by atoms with Gasteiger partial charge in [0.25, 0.3) is 0 Å². The molecule has 0 bridgehead atoms. The van der Waals surface area contributed by atoms with Gasteiger partial charge in [0.05, 0.1) is 0 Å². The summed E-state index contributed by atoms with van der Waals surface area (Å²) < 4.78 is 5.39. The van der Waals surface area contributed by atoms with E-state index in [4.69, 9.17) is 4.74 Å². The lowest BCUT2D eigenvalue weighted by Gasteiger charge is -2.28. The molecule has 5 heteroatoms. The van der Waals surface area contributed by atoms with E-state index >= 15 is 0 Å². The average Bonchev–Trinajstić information content (AvgIpc) is 2.90. The number of ether oxygens (including phenoxy) is 1. The zero-order chi connectivity index (χ0) is 17.2. The highest BCUT2D eigenvalue weighted by atomic mass is 16.6. The summed E-state index contributed by atoms with van der Waals surface area (Å²) in [7, 11) is 0. The second-order valence-corrected chi connectivity index (χ2v) is 7.12. The molecule has 0 saturated carbocycles. The number of nitrogens with one attached hydrogen (secondary N) is 1. The predicted octanol–water partition coefficient (Wildman–Crippen LogP) is 3.64. The third-order valence-corrected chi connectivity index (χ3v) is 3.96. The first kappa shape index (κ1) is 17.3. The van der Waals surface area contributed by atoms with Crippen molar-refractivity contribution in [1.82, 2.24) is 4.90 Å². The largest absolute Gasteiger partial charge is 0.444 e. The van der Waals surface area contributed by atoms with Crippen LogP contribution in [-0.2, 0) is 9.53 Å². The minimum atomic E-state index is -0.561. The zero-order valence-corrected chi connectivity index (χ0v) is 14.6. The first-order valence-electron chi connectivity index (χ1n) is 8.05. The number of carbonyl (C=O) groups is 2. The molecule has 2 rings (SSSR count). The maximum absolute atomic E-state index is 12.5. The number of hydrogen-bond donors (Lipinski definition) is 1. The van der Waals surface area contributed by atoms with E-state index in [0.29, 0.717) is 13.0 Å². The van der Waals surface area contributed by atoms with Crippen molar-refractivity contribution in [3.63, 3.8) is 0 Å². The van der Waals surface area contributed by atoms with E-state index in [2.05, 4.69) is 5.32 Å². The summed E-state index contributed by atoms with van der Waals surface area (Å²) in [6.45, 7) is 10.1. The van der Waals surface area contributed by atoms with Gasteiger partial charge in [0, 0.05) is 12.2 Å². The SMILES string of the molecule is Cc1ccc(NC(=O)[C@@H]2CCCN2C(=O)OC(C)(C)C)cc1C. The van der Waals surface area contributed by atoms with E-state index in [0.717, 1.165) is 17.7 Å². The number of amides is 2. The molecular formula is C18H26N2O3. The van der Waals surface area contributed by atoms with Gasteiger partial charge in [-0.15, -0.1) is 0 Å². The molecule has 2 amide bonds. The van der Waals surface area contributed by atoms with Crippen molar-refractivity contribution < 1.29 is 14.3 Å². The fourth-order valence-corrected chi connectivity index (χ4v) is 2.62. The molecule has 0 unspecified atom stereocenters. The Hall–Kier alpha value is -2.04. The molecule has 1 aromatic rings. The fraction of sp³-hybridized carbons (Fsp3) is 0.556. The molecular weight excluding hydrogens is 292 g/mol. The molecule has 1 N–H and O–H groups in total. The smallest absolute Gasteiger partial charge is 0.410 e. The Morgan fingerprint density at radius 3 is 2.52 bits per heavy atom. The number of likely N-dealkylation sites (tertiary alicyclic amines) is 1. The average molecular weight is 318 g/mol. The van der Waals surface area contributed by atoms with Crippen LogP contribution in [0, 0.1) is 13.8 Å². The maximum atomic E-state index is 12.5. The highest BCUT2D eigenvalue weighted by Gasteiger charge is 2.36.